The zero-order chi connectivity index (χ0) is 19.7. The van der Waals surface area contributed by atoms with Crippen LogP contribution in [-0.2, 0) is 11.3 Å². The molecular formula is C22H19NO5. The predicted octanol–water partition coefficient (Wildman–Crippen LogP) is 4.64. The molecule has 0 saturated carbocycles. The van der Waals surface area contributed by atoms with E-state index in [4.69, 9.17) is 13.6 Å². The van der Waals surface area contributed by atoms with Crippen molar-refractivity contribution in [1.82, 2.24) is 0 Å². The summed E-state index contributed by atoms with van der Waals surface area (Å²) in [6.07, 6.45) is 0. The Hall–Kier alpha value is -3.38. The summed E-state index contributed by atoms with van der Waals surface area (Å²) in [7, 11) is 0. The molecule has 0 aliphatic carbocycles. The molecule has 4 rings (SSSR count). The Morgan fingerprint density at radius 3 is 2.68 bits per heavy atom. The van der Waals surface area contributed by atoms with E-state index >= 15 is 0 Å². The number of hydrogen-bond acceptors (Lipinski definition) is 5. The largest absolute Gasteiger partial charge is 0.451 e. The van der Waals surface area contributed by atoms with E-state index in [9.17, 15) is 9.59 Å². The fraction of sp³-hybridized carbons (Fsp3) is 0.182. The SMILES string of the molecule is CCOCc1c(C(=O)Nc2ccc3c(C)cc(=O)oc3c2)oc2ccccc12. The van der Waals surface area contributed by atoms with Crippen LogP contribution in [0.3, 0.4) is 0 Å². The van der Waals surface area contributed by atoms with E-state index in [1.165, 1.54) is 6.07 Å². The number of carbonyl (C=O) groups excluding carboxylic acids is 1. The van der Waals surface area contributed by atoms with E-state index in [0.29, 0.717) is 29.0 Å². The van der Waals surface area contributed by atoms with Gasteiger partial charge in [-0.15, -0.1) is 0 Å². The Morgan fingerprint density at radius 1 is 1.04 bits per heavy atom. The maximum atomic E-state index is 12.9. The van der Waals surface area contributed by atoms with Crippen LogP contribution in [0.5, 0.6) is 0 Å². The molecule has 0 spiro atoms. The lowest BCUT2D eigenvalue weighted by atomic mass is 10.1. The lowest BCUT2D eigenvalue weighted by molar-refractivity contribution is 0.0984. The highest BCUT2D eigenvalue weighted by Gasteiger charge is 2.21. The number of fused-ring (bicyclic) bond motifs is 2. The van der Waals surface area contributed by atoms with E-state index in [1.807, 2.05) is 44.2 Å². The van der Waals surface area contributed by atoms with Gasteiger partial charge in [0.05, 0.1) is 6.61 Å². The van der Waals surface area contributed by atoms with E-state index < -0.39 is 5.63 Å². The summed E-state index contributed by atoms with van der Waals surface area (Å²) in [4.78, 5) is 24.5. The van der Waals surface area contributed by atoms with Crippen molar-refractivity contribution in [2.24, 2.45) is 0 Å². The fourth-order valence-corrected chi connectivity index (χ4v) is 3.22. The molecule has 0 fully saturated rings. The van der Waals surface area contributed by atoms with Gasteiger partial charge in [-0.25, -0.2) is 4.79 Å². The molecule has 142 valence electrons. The lowest BCUT2D eigenvalue weighted by Crippen LogP contribution is -2.13. The van der Waals surface area contributed by atoms with Gasteiger partial charge in [0.15, 0.2) is 5.76 Å². The van der Waals surface area contributed by atoms with Gasteiger partial charge in [0.25, 0.3) is 5.91 Å². The molecule has 6 heteroatoms. The number of nitrogens with one attached hydrogen (secondary N) is 1. The summed E-state index contributed by atoms with van der Waals surface area (Å²) in [6.45, 7) is 4.55. The first-order valence-electron chi connectivity index (χ1n) is 9.01. The second kappa shape index (κ2) is 7.32. The van der Waals surface area contributed by atoms with Gasteiger partial charge < -0.3 is 18.9 Å². The minimum atomic E-state index is -0.426. The Morgan fingerprint density at radius 2 is 1.86 bits per heavy atom. The van der Waals surface area contributed by atoms with Crippen molar-refractivity contribution < 1.29 is 18.4 Å². The van der Waals surface area contributed by atoms with Crippen molar-refractivity contribution in [2.45, 2.75) is 20.5 Å². The zero-order valence-corrected chi connectivity index (χ0v) is 15.6. The summed E-state index contributed by atoms with van der Waals surface area (Å²) in [6, 6.07) is 14.1. The smallest absolute Gasteiger partial charge is 0.336 e. The number of benzene rings is 2. The first kappa shape index (κ1) is 18.0. The molecule has 4 aromatic rings. The monoisotopic (exact) mass is 377 g/mol. The molecule has 0 bridgehead atoms. The molecular weight excluding hydrogens is 358 g/mol. The number of rotatable bonds is 5. The van der Waals surface area contributed by atoms with Crippen LogP contribution < -0.4 is 10.9 Å². The van der Waals surface area contributed by atoms with Crippen molar-refractivity contribution in [3.05, 3.63) is 75.8 Å². The maximum Gasteiger partial charge on any atom is 0.336 e. The van der Waals surface area contributed by atoms with E-state index in [2.05, 4.69) is 5.32 Å². The van der Waals surface area contributed by atoms with Gasteiger partial charge in [-0.1, -0.05) is 18.2 Å². The number of anilines is 1. The second-order valence-electron chi connectivity index (χ2n) is 6.46. The topological polar surface area (TPSA) is 81.7 Å². The highest BCUT2D eigenvalue weighted by molar-refractivity contribution is 6.07. The van der Waals surface area contributed by atoms with Gasteiger partial charge in [-0.05, 0) is 37.6 Å². The minimum absolute atomic E-state index is 0.209. The van der Waals surface area contributed by atoms with Crippen molar-refractivity contribution in [2.75, 3.05) is 11.9 Å². The average Bonchev–Trinajstić information content (AvgIpc) is 3.04. The molecule has 2 aromatic heterocycles. The molecule has 1 amide bonds. The van der Waals surface area contributed by atoms with Gasteiger partial charge in [-0.2, -0.15) is 0 Å². The Balaban J connectivity index is 1.70. The molecule has 6 nitrogen and oxygen atoms in total. The van der Waals surface area contributed by atoms with Crippen LogP contribution in [0.1, 0.15) is 28.6 Å². The van der Waals surface area contributed by atoms with Crippen molar-refractivity contribution >= 4 is 33.5 Å². The minimum Gasteiger partial charge on any atom is -0.451 e. The Bertz CT molecular complexity index is 1230. The maximum absolute atomic E-state index is 12.9. The number of amides is 1. The fourth-order valence-electron chi connectivity index (χ4n) is 3.22. The van der Waals surface area contributed by atoms with Gasteiger partial charge in [0, 0.05) is 40.8 Å². The summed E-state index contributed by atoms with van der Waals surface area (Å²) < 4.78 is 16.6. The Kier molecular flexibility index (Phi) is 4.71. The van der Waals surface area contributed by atoms with Gasteiger partial charge in [0.2, 0.25) is 0 Å². The molecule has 1 N–H and O–H groups in total. The van der Waals surface area contributed by atoms with Crippen molar-refractivity contribution in [1.29, 1.82) is 0 Å². The van der Waals surface area contributed by atoms with Gasteiger partial charge >= 0.3 is 5.63 Å². The Labute approximate surface area is 160 Å². The molecule has 0 radical (unpaired) electrons. The highest BCUT2D eigenvalue weighted by atomic mass is 16.5. The number of carbonyl (C=O) groups is 1. The molecule has 0 aliphatic rings. The first-order valence-corrected chi connectivity index (χ1v) is 9.01. The number of furan rings is 1. The molecule has 0 atom stereocenters. The number of hydrogen-bond donors (Lipinski definition) is 1. The summed E-state index contributed by atoms with van der Waals surface area (Å²) >= 11 is 0. The second-order valence-corrected chi connectivity index (χ2v) is 6.46. The van der Waals surface area contributed by atoms with Gasteiger partial charge in [0.1, 0.15) is 11.2 Å². The first-order chi connectivity index (χ1) is 13.6. The van der Waals surface area contributed by atoms with Crippen LogP contribution >= 0.6 is 0 Å². The standard InChI is InChI=1S/C22H19NO5/c1-3-26-12-17-16-6-4-5-7-18(16)28-21(17)22(25)23-14-8-9-15-13(2)10-20(24)27-19(15)11-14/h4-11H,3,12H2,1-2H3,(H,23,25). The molecule has 28 heavy (non-hydrogen) atoms. The van der Waals surface area contributed by atoms with Crippen LogP contribution in [0.4, 0.5) is 5.69 Å². The highest BCUT2D eigenvalue weighted by Crippen LogP contribution is 2.28. The van der Waals surface area contributed by atoms with Crippen molar-refractivity contribution in [3.63, 3.8) is 0 Å². The average molecular weight is 377 g/mol. The molecule has 0 unspecified atom stereocenters. The van der Waals surface area contributed by atoms with E-state index in [1.54, 1.807) is 12.1 Å². The van der Waals surface area contributed by atoms with E-state index in [0.717, 1.165) is 16.3 Å². The zero-order valence-electron chi connectivity index (χ0n) is 15.6. The molecule has 0 aliphatic heterocycles. The summed E-state index contributed by atoms with van der Waals surface area (Å²) in [5.74, 6) is -0.180. The third kappa shape index (κ3) is 3.30. The number of aryl methyl sites for hydroxylation is 1. The van der Waals surface area contributed by atoms with Crippen LogP contribution in [0.25, 0.3) is 21.9 Å². The van der Waals surface area contributed by atoms with Crippen LogP contribution in [0.15, 0.2) is 62.2 Å². The molecule has 2 aromatic carbocycles. The predicted molar refractivity (Wildman–Crippen MR) is 107 cm³/mol. The third-order valence-corrected chi connectivity index (χ3v) is 4.56. The third-order valence-electron chi connectivity index (χ3n) is 4.56. The number of ether oxygens (including phenoxy) is 1. The molecule has 2 heterocycles. The lowest BCUT2D eigenvalue weighted by Gasteiger charge is -2.07. The normalized spacial score (nSPS) is 11.2. The van der Waals surface area contributed by atoms with Crippen LogP contribution in [0, 0.1) is 6.92 Å². The van der Waals surface area contributed by atoms with Gasteiger partial charge in [-0.3, -0.25) is 4.79 Å². The quantitative estimate of drug-likeness (QED) is 0.513. The van der Waals surface area contributed by atoms with E-state index in [-0.39, 0.29) is 18.3 Å². The summed E-state index contributed by atoms with van der Waals surface area (Å²) in [5, 5.41) is 4.48. The molecule has 0 saturated heterocycles. The summed E-state index contributed by atoms with van der Waals surface area (Å²) in [5.41, 5.74) is 2.65. The van der Waals surface area contributed by atoms with Crippen LogP contribution in [-0.4, -0.2) is 12.5 Å². The van der Waals surface area contributed by atoms with Crippen LogP contribution in [0.2, 0.25) is 0 Å². The van der Waals surface area contributed by atoms with Crippen molar-refractivity contribution in [3.8, 4) is 0 Å². The number of para-hydroxylation sites is 1.